The van der Waals surface area contributed by atoms with E-state index in [1.807, 2.05) is 19.2 Å². The highest BCUT2D eigenvalue weighted by molar-refractivity contribution is 5.52. The normalized spacial score (nSPS) is 10.4. The molecule has 0 unspecified atom stereocenters. The molecule has 0 radical (unpaired) electrons. The van der Waals surface area contributed by atoms with E-state index in [-0.39, 0.29) is 0 Å². The van der Waals surface area contributed by atoms with Gasteiger partial charge < -0.3 is 5.43 Å². The molecule has 1 aromatic rings. The molecule has 1 rings (SSSR count). The smallest absolute Gasteiger partial charge is 0.0432 e. The third kappa shape index (κ3) is 6.01. The van der Waals surface area contributed by atoms with Crippen LogP contribution in [-0.2, 0) is 13.0 Å². The number of nitrogens with zero attached hydrogens (tertiary/aromatic N) is 1. The summed E-state index contributed by atoms with van der Waals surface area (Å²) < 4.78 is 0. The zero-order chi connectivity index (χ0) is 15.7. The van der Waals surface area contributed by atoms with Crippen LogP contribution in [0.15, 0.2) is 49.7 Å². The predicted molar refractivity (Wildman–Crippen MR) is 93.7 cm³/mol. The Kier molecular flexibility index (Phi) is 7.55. The Morgan fingerprint density at radius 3 is 2.71 bits per heavy atom. The summed E-state index contributed by atoms with van der Waals surface area (Å²) in [5.41, 5.74) is 8.23. The van der Waals surface area contributed by atoms with E-state index in [0.29, 0.717) is 0 Å². The van der Waals surface area contributed by atoms with Gasteiger partial charge in [0.2, 0.25) is 0 Å². The number of allylic oxidation sites excluding steroid dienone is 2. The molecular formula is C19H28N2. The van der Waals surface area contributed by atoms with Gasteiger partial charge in [-0.25, -0.2) is 5.01 Å². The first-order valence-electron chi connectivity index (χ1n) is 7.61. The van der Waals surface area contributed by atoms with E-state index in [1.54, 1.807) is 0 Å². The second kappa shape index (κ2) is 9.19. The molecule has 0 saturated carbocycles. The summed E-state index contributed by atoms with van der Waals surface area (Å²) in [7, 11) is 2.05. The van der Waals surface area contributed by atoms with Crippen LogP contribution in [0, 0.1) is 0 Å². The Morgan fingerprint density at radius 2 is 2.10 bits per heavy atom. The molecule has 0 aromatic heterocycles. The van der Waals surface area contributed by atoms with Crippen LogP contribution in [0.2, 0.25) is 0 Å². The quantitative estimate of drug-likeness (QED) is 0.380. The van der Waals surface area contributed by atoms with Gasteiger partial charge in [-0.1, -0.05) is 50.4 Å². The van der Waals surface area contributed by atoms with Crippen molar-refractivity contribution in [1.82, 2.24) is 10.4 Å². The Balaban J connectivity index is 2.61. The zero-order valence-corrected chi connectivity index (χ0v) is 13.5. The Hall–Kier alpha value is -1.80. The number of rotatable bonds is 10. The van der Waals surface area contributed by atoms with Gasteiger partial charge in [0.25, 0.3) is 0 Å². The number of aryl methyl sites for hydroxylation is 1. The van der Waals surface area contributed by atoms with Gasteiger partial charge in [-0.3, -0.25) is 0 Å². The second-order valence-corrected chi connectivity index (χ2v) is 5.34. The molecular weight excluding hydrogens is 256 g/mol. The van der Waals surface area contributed by atoms with Crippen molar-refractivity contribution in [3.63, 3.8) is 0 Å². The van der Waals surface area contributed by atoms with E-state index in [9.17, 15) is 0 Å². The number of benzene rings is 1. The summed E-state index contributed by atoms with van der Waals surface area (Å²) in [6.07, 6.45) is 8.01. The molecule has 0 amide bonds. The van der Waals surface area contributed by atoms with Crippen molar-refractivity contribution in [2.75, 3.05) is 7.05 Å². The van der Waals surface area contributed by atoms with E-state index in [2.05, 4.69) is 55.3 Å². The molecule has 0 fully saturated rings. The lowest BCUT2D eigenvalue weighted by molar-refractivity contribution is 0.252. The number of unbranched alkanes of at least 4 members (excludes halogenated alkanes) is 1. The lowest BCUT2D eigenvalue weighted by atomic mass is 10.0. The average Bonchev–Trinajstić information content (AvgIpc) is 2.47. The first kappa shape index (κ1) is 17.3. The van der Waals surface area contributed by atoms with Gasteiger partial charge in [-0.05, 0) is 42.4 Å². The summed E-state index contributed by atoms with van der Waals surface area (Å²) in [6, 6.07) is 6.58. The SMILES string of the molecule is C=CCCCC(=C)NN(C)Cc1cc(CC)ccc1C=C. The van der Waals surface area contributed by atoms with Gasteiger partial charge in [0.05, 0.1) is 0 Å². The minimum Gasteiger partial charge on any atom is -0.324 e. The molecule has 1 N–H and O–H groups in total. The van der Waals surface area contributed by atoms with Gasteiger partial charge in [0, 0.05) is 19.3 Å². The fraction of sp³-hybridized carbons (Fsp3) is 0.368. The van der Waals surface area contributed by atoms with Crippen LogP contribution in [0.3, 0.4) is 0 Å². The van der Waals surface area contributed by atoms with Crippen LogP contribution < -0.4 is 5.43 Å². The molecule has 0 aliphatic heterocycles. The van der Waals surface area contributed by atoms with Crippen molar-refractivity contribution in [2.45, 2.75) is 39.2 Å². The molecule has 21 heavy (non-hydrogen) atoms. The number of nitrogens with one attached hydrogen (secondary N) is 1. The molecule has 0 aliphatic carbocycles. The van der Waals surface area contributed by atoms with Crippen LogP contribution in [0.5, 0.6) is 0 Å². The summed E-state index contributed by atoms with van der Waals surface area (Å²) in [5.74, 6) is 0. The van der Waals surface area contributed by atoms with Gasteiger partial charge in [-0.15, -0.1) is 6.58 Å². The van der Waals surface area contributed by atoms with Gasteiger partial charge in [-0.2, -0.15) is 0 Å². The minimum absolute atomic E-state index is 0.829. The highest BCUT2D eigenvalue weighted by Crippen LogP contribution is 2.16. The molecule has 0 bridgehead atoms. The number of hydrazine groups is 1. The van der Waals surface area contributed by atoms with Crippen LogP contribution in [0.1, 0.15) is 42.9 Å². The molecule has 1 aromatic carbocycles. The highest BCUT2D eigenvalue weighted by Gasteiger charge is 2.06. The molecule has 0 saturated heterocycles. The van der Waals surface area contributed by atoms with E-state index < -0.39 is 0 Å². The lowest BCUT2D eigenvalue weighted by Gasteiger charge is -2.22. The van der Waals surface area contributed by atoms with E-state index >= 15 is 0 Å². The largest absolute Gasteiger partial charge is 0.324 e. The van der Waals surface area contributed by atoms with Crippen molar-refractivity contribution in [2.24, 2.45) is 0 Å². The lowest BCUT2D eigenvalue weighted by Crippen LogP contribution is -2.33. The van der Waals surface area contributed by atoms with E-state index in [0.717, 1.165) is 37.9 Å². The molecule has 0 atom stereocenters. The fourth-order valence-electron chi connectivity index (χ4n) is 2.30. The monoisotopic (exact) mass is 284 g/mol. The molecule has 114 valence electrons. The number of hydrogen-bond acceptors (Lipinski definition) is 2. The maximum absolute atomic E-state index is 4.08. The van der Waals surface area contributed by atoms with Crippen molar-refractivity contribution >= 4 is 6.08 Å². The van der Waals surface area contributed by atoms with Crippen molar-refractivity contribution < 1.29 is 0 Å². The van der Waals surface area contributed by atoms with Crippen LogP contribution >= 0.6 is 0 Å². The second-order valence-electron chi connectivity index (χ2n) is 5.34. The predicted octanol–water partition coefficient (Wildman–Crippen LogP) is 4.70. The Morgan fingerprint density at radius 1 is 1.33 bits per heavy atom. The zero-order valence-electron chi connectivity index (χ0n) is 13.5. The van der Waals surface area contributed by atoms with Gasteiger partial charge in [0.15, 0.2) is 0 Å². The fourth-order valence-corrected chi connectivity index (χ4v) is 2.30. The van der Waals surface area contributed by atoms with Gasteiger partial charge in [0.1, 0.15) is 0 Å². The van der Waals surface area contributed by atoms with Crippen LogP contribution in [0.4, 0.5) is 0 Å². The molecule has 0 heterocycles. The molecule has 0 spiro atoms. The van der Waals surface area contributed by atoms with Crippen molar-refractivity contribution in [3.05, 3.63) is 66.4 Å². The molecule has 2 heteroatoms. The van der Waals surface area contributed by atoms with E-state index in [4.69, 9.17) is 0 Å². The van der Waals surface area contributed by atoms with Gasteiger partial charge >= 0.3 is 0 Å². The summed E-state index contributed by atoms with van der Waals surface area (Å²) in [4.78, 5) is 0. The minimum atomic E-state index is 0.829. The maximum atomic E-state index is 4.08. The van der Waals surface area contributed by atoms with Crippen molar-refractivity contribution in [3.8, 4) is 0 Å². The maximum Gasteiger partial charge on any atom is 0.0432 e. The third-order valence-electron chi connectivity index (χ3n) is 3.48. The Labute approximate surface area is 129 Å². The first-order valence-corrected chi connectivity index (χ1v) is 7.61. The topological polar surface area (TPSA) is 15.3 Å². The summed E-state index contributed by atoms with van der Waals surface area (Å²) >= 11 is 0. The number of hydrogen-bond donors (Lipinski definition) is 1. The van der Waals surface area contributed by atoms with Crippen molar-refractivity contribution in [1.29, 1.82) is 0 Å². The van der Waals surface area contributed by atoms with Crippen LogP contribution in [-0.4, -0.2) is 12.1 Å². The molecule has 0 aliphatic rings. The summed E-state index contributed by atoms with van der Waals surface area (Å²) in [5, 5.41) is 2.08. The third-order valence-corrected chi connectivity index (χ3v) is 3.48. The highest BCUT2D eigenvalue weighted by atomic mass is 15.5. The summed E-state index contributed by atoms with van der Waals surface area (Å²) in [6.45, 7) is 14.7. The first-order chi connectivity index (χ1) is 10.1. The average molecular weight is 284 g/mol. The van der Waals surface area contributed by atoms with E-state index in [1.165, 1.54) is 16.7 Å². The Bertz CT molecular complexity index is 488. The standard InChI is InChI=1S/C19H28N2/c1-6-9-10-11-16(4)20-21(5)15-19-14-17(7-2)12-13-18(19)8-3/h6,8,12-14,20H,1,3-4,7,9-11,15H2,2,5H3. The van der Waals surface area contributed by atoms with Crippen LogP contribution in [0.25, 0.3) is 6.08 Å². The molecule has 2 nitrogen and oxygen atoms in total.